The van der Waals surface area contributed by atoms with E-state index in [-0.39, 0.29) is 18.4 Å². The number of aryl methyl sites for hydroxylation is 1. The molecule has 1 amide bonds. The van der Waals surface area contributed by atoms with Gasteiger partial charge in [-0.1, -0.05) is 13.8 Å². The Kier molecular flexibility index (Phi) is 5.67. The predicted octanol–water partition coefficient (Wildman–Crippen LogP) is 2.48. The first kappa shape index (κ1) is 19.9. The Labute approximate surface area is 165 Å². The minimum atomic E-state index is 0.0262. The second-order valence-corrected chi connectivity index (χ2v) is 7.57. The minimum Gasteiger partial charge on any atom is -0.496 e. The highest BCUT2D eigenvalue weighted by molar-refractivity contribution is 6.02. The SMILES string of the molecule is COc1c(C)cnc(CN2CC(=O)N(CCC(C)C)c3cnc(N)nc32)c1C. The molecule has 3 heterocycles. The van der Waals surface area contributed by atoms with Gasteiger partial charge in [0.25, 0.3) is 0 Å². The molecule has 0 atom stereocenters. The first-order chi connectivity index (χ1) is 13.3. The van der Waals surface area contributed by atoms with E-state index in [9.17, 15) is 4.79 Å². The number of hydrogen-bond acceptors (Lipinski definition) is 7. The van der Waals surface area contributed by atoms with Crippen molar-refractivity contribution in [2.75, 3.05) is 35.7 Å². The van der Waals surface area contributed by atoms with Crippen LogP contribution >= 0.6 is 0 Å². The number of carbonyl (C=O) groups is 1. The zero-order valence-electron chi connectivity index (χ0n) is 17.2. The summed E-state index contributed by atoms with van der Waals surface area (Å²) in [6, 6.07) is 0. The molecule has 0 spiro atoms. The molecule has 1 aliphatic rings. The summed E-state index contributed by atoms with van der Waals surface area (Å²) in [5, 5.41) is 0. The van der Waals surface area contributed by atoms with Crippen molar-refractivity contribution in [3.8, 4) is 5.75 Å². The van der Waals surface area contributed by atoms with E-state index in [0.29, 0.717) is 30.5 Å². The fraction of sp³-hybridized carbons (Fsp3) is 0.500. The monoisotopic (exact) mass is 384 g/mol. The van der Waals surface area contributed by atoms with Crippen molar-refractivity contribution in [2.45, 2.75) is 40.7 Å². The number of methoxy groups -OCH3 is 1. The average Bonchev–Trinajstić information content (AvgIpc) is 2.64. The van der Waals surface area contributed by atoms with Crippen molar-refractivity contribution >= 4 is 23.4 Å². The molecule has 28 heavy (non-hydrogen) atoms. The molecule has 150 valence electrons. The first-order valence-corrected chi connectivity index (χ1v) is 9.48. The van der Waals surface area contributed by atoms with Crippen LogP contribution in [0.2, 0.25) is 0 Å². The lowest BCUT2D eigenvalue weighted by Gasteiger charge is -2.36. The maximum atomic E-state index is 12.9. The second kappa shape index (κ2) is 8.00. The Hall–Kier alpha value is -2.90. The third-order valence-electron chi connectivity index (χ3n) is 5.01. The standard InChI is InChI=1S/C20H28N6O2/c1-12(2)6-7-26-16-9-23-20(21)24-19(16)25(11-17(26)27)10-15-14(4)18(28-5)13(3)8-22-15/h8-9,12H,6-7,10-11H2,1-5H3,(H2,21,23,24). The molecule has 8 heteroatoms. The Morgan fingerprint density at radius 2 is 2.00 bits per heavy atom. The number of fused-ring (bicyclic) bond motifs is 1. The highest BCUT2D eigenvalue weighted by Crippen LogP contribution is 2.34. The summed E-state index contributed by atoms with van der Waals surface area (Å²) in [6.07, 6.45) is 4.33. The molecule has 1 aliphatic heterocycles. The number of amides is 1. The summed E-state index contributed by atoms with van der Waals surface area (Å²) in [6.45, 7) is 9.52. The average molecular weight is 384 g/mol. The van der Waals surface area contributed by atoms with Gasteiger partial charge in [-0.2, -0.15) is 4.98 Å². The van der Waals surface area contributed by atoms with Gasteiger partial charge in [0.2, 0.25) is 11.9 Å². The normalized spacial score (nSPS) is 13.9. The quantitative estimate of drug-likeness (QED) is 0.817. The van der Waals surface area contributed by atoms with Gasteiger partial charge in [-0.25, -0.2) is 4.98 Å². The van der Waals surface area contributed by atoms with Crippen LogP contribution in [0.5, 0.6) is 5.75 Å². The van der Waals surface area contributed by atoms with E-state index in [4.69, 9.17) is 10.5 Å². The lowest BCUT2D eigenvalue weighted by molar-refractivity contribution is -0.117. The molecular weight excluding hydrogens is 356 g/mol. The van der Waals surface area contributed by atoms with E-state index >= 15 is 0 Å². The zero-order valence-corrected chi connectivity index (χ0v) is 17.2. The van der Waals surface area contributed by atoms with Crippen LogP contribution in [0.15, 0.2) is 12.4 Å². The number of nitrogens with two attached hydrogens (primary N) is 1. The highest BCUT2D eigenvalue weighted by atomic mass is 16.5. The maximum Gasteiger partial charge on any atom is 0.246 e. The van der Waals surface area contributed by atoms with Crippen molar-refractivity contribution < 1.29 is 9.53 Å². The molecule has 0 saturated carbocycles. The number of nitrogen functional groups attached to an aromatic ring is 1. The number of hydrogen-bond donors (Lipinski definition) is 1. The Bertz CT molecular complexity index is 883. The van der Waals surface area contributed by atoms with Gasteiger partial charge in [0.1, 0.15) is 11.4 Å². The molecule has 0 aliphatic carbocycles. The zero-order chi connectivity index (χ0) is 20.4. The summed E-state index contributed by atoms with van der Waals surface area (Å²) < 4.78 is 5.51. The van der Waals surface area contributed by atoms with Crippen LogP contribution in [0.1, 0.15) is 37.1 Å². The molecular formula is C20H28N6O2. The van der Waals surface area contributed by atoms with Crippen LogP contribution in [0.3, 0.4) is 0 Å². The van der Waals surface area contributed by atoms with Crippen molar-refractivity contribution in [1.82, 2.24) is 15.0 Å². The van der Waals surface area contributed by atoms with E-state index < -0.39 is 0 Å². The summed E-state index contributed by atoms with van der Waals surface area (Å²) in [5.41, 5.74) is 9.32. The lowest BCUT2D eigenvalue weighted by Crippen LogP contribution is -2.47. The highest BCUT2D eigenvalue weighted by Gasteiger charge is 2.31. The number of carbonyl (C=O) groups excluding carboxylic acids is 1. The van der Waals surface area contributed by atoms with Gasteiger partial charge in [0.15, 0.2) is 5.82 Å². The maximum absolute atomic E-state index is 12.9. The van der Waals surface area contributed by atoms with Crippen LogP contribution in [-0.2, 0) is 11.3 Å². The fourth-order valence-electron chi connectivity index (χ4n) is 3.44. The van der Waals surface area contributed by atoms with Crippen LogP contribution in [0.4, 0.5) is 17.5 Å². The number of anilines is 3. The molecule has 0 saturated heterocycles. The number of aromatic nitrogens is 3. The number of nitrogens with zero attached hydrogens (tertiary/aromatic N) is 5. The summed E-state index contributed by atoms with van der Waals surface area (Å²) >= 11 is 0. The topological polar surface area (TPSA) is 97.5 Å². The van der Waals surface area contributed by atoms with Crippen LogP contribution < -0.4 is 20.3 Å². The van der Waals surface area contributed by atoms with Gasteiger partial charge in [0.05, 0.1) is 32.1 Å². The fourth-order valence-corrected chi connectivity index (χ4v) is 3.44. The van der Waals surface area contributed by atoms with E-state index in [1.54, 1.807) is 24.4 Å². The summed E-state index contributed by atoms with van der Waals surface area (Å²) in [4.78, 5) is 29.6. The lowest BCUT2D eigenvalue weighted by atomic mass is 10.1. The molecule has 8 nitrogen and oxygen atoms in total. The second-order valence-electron chi connectivity index (χ2n) is 7.57. The first-order valence-electron chi connectivity index (χ1n) is 9.48. The van der Waals surface area contributed by atoms with Crippen molar-refractivity contribution in [3.05, 3.63) is 29.2 Å². The molecule has 2 aromatic heterocycles. The molecule has 2 aromatic rings. The molecule has 2 N–H and O–H groups in total. The Morgan fingerprint density at radius 1 is 1.25 bits per heavy atom. The van der Waals surface area contributed by atoms with Crippen molar-refractivity contribution in [3.63, 3.8) is 0 Å². The summed E-state index contributed by atoms with van der Waals surface area (Å²) in [5.74, 6) is 2.19. The summed E-state index contributed by atoms with van der Waals surface area (Å²) in [7, 11) is 1.65. The smallest absolute Gasteiger partial charge is 0.246 e. The van der Waals surface area contributed by atoms with E-state index in [1.807, 2.05) is 18.7 Å². The number of rotatable bonds is 6. The number of ether oxygens (including phenoxy) is 1. The molecule has 0 bridgehead atoms. The third kappa shape index (κ3) is 3.85. The van der Waals surface area contributed by atoms with Crippen molar-refractivity contribution in [1.29, 1.82) is 0 Å². The molecule has 0 radical (unpaired) electrons. The largest absolute Gasteiger partial charge is 0.496 e. The predicted molar refractivity (Wildman–Crippen MR) is 110 cm³/mol. The van der Waals surface area contributed by atoms with Crippen LogP contribution in [0, 0.1) is 19.8 Å². The number of pyridine rings is 1. The Balaban J connectivity index is 1.96. The van der Waals surface area contributed by atoms with E-state index in [0.717, 1.165) is 29.0 Å². The van der Waals surface area contributed by atoms with Crippen LogP contribution in [-0.4, -0.2) is 41.1 Å². The molecule has 0 unspecified atom stereocenters. The van der Waals surface area contributed by atoms with Crippen molar-refractivity contribution in [2.24, 2.45) is 5.92 Å². The van der Waals surface area contributed by atoms with Crippen LogP contribution in [0.25, 0.3) is 0 Å². The van der Waals surface area contributed by atoms with E-state index in [2.05, 4.69) is 28.8 Å². The van der Waals surface area contributed by atoms with Gasteiger partial charge in [-0.05, 0) is 26.2 Å². The van der Waals surface area contributed by atoms with Gasteiger partial charge in [-0.15, -0.1) is 0 Å². The van der Waals surface area contributed by atoms with Gasteiger partial charge in [-0.3, -0.25) is 9.78 Å². The molecule has 3 rings (SSSR count). The van der Waals surface area contributed by atoms with Gasteiger partial charge in [0, 0.05) is 23.9 Å². The van der Waals surface area contributed by atoms with Gasteiger partial charge >= 0.3 is 0 Å². The Morgan fingerprint density at radius 3 is 2.68 bits per heavy atom. The van der Waals surface area contributed by atoms with Gasteiger partial charge < -0.3 is 20.3 Å². The van der Waals surface area contributed by atoms with E-state index in [1.165, 1.54) is 0 Å². The third-order valence-corrected chi connectivity index (χ3v) is 5.01. The molecule has 0 fully saturated rings. The molecule has 0 aromatic carbocycles. The minimum absolute atomic E-state index is 0.0262.